The van der Waals surface area contributed by atoms with E-state index in [2.05, 4.69) is 5.32 Å². The van der Waals surface area contributed by atoms with E-state index in [1.165, 1.54) is 12.1 Å². The molecule has 0 aromatic heterocycles. The first-order valence-corrected chi connectivity index (χ1v) is 6.83. The Morgan fingerprint density at radius 3 is 2.47 bits per heavy atom. The normalized spacial score (nSPS) is 11.9. The largest absolute Gasteiger partial charge is 0.322 e. The molecule has 2 N–H and O–H groups in total. The topological polar surface area (TPSA) is 66.4 Å². The Hall–Kier alpha value is -1.69. The molecule has 0 bridgehead atoms. The second-order valence-electron chi connectivity index (χ2n) is 3.71. The average molecular weight is 296 g/mol. The number of anilines is 1. The number of halogens is 1. The SMILES string of the molecule is O=C(Nc1ccc(Cl)c(S(=O)O)c1)c1ccccc1. The third kappa shape index (κ3) is 3.41. The van der Waals surface area contributed by atoms with Crippen LogP contribution in [0.3, 0.4) is 0 Å². The van der Waals surface area contributed by atoms with Gasteiger partial charge in [0.2, 0.25) is 0 Å². The maximum absolute atomic E-state index is 11.9. The molecule has 0 spiro atoms. The van der Waals surface area contributed by atoms with E-state index in [0.29, 0.717) is 11.3 Å². The van der Waals surface area contributed by atoms with Gasteiger partial charge < -0.3 is 9.87 Å². The second kappa shape index (κ2) is 5.97. The Bertz CT molecular complexity index is 631. The van der Waals surface area contributed by atoms with Crippen molar-refractivity contribution >= 4 is 34.3 Å². The lowest BCUT2D eigenvalue weighted by Gasteiger charge is -2.07. The lowest BCUT2D eigenvalue weighted by Crippen LogP contribution is -2.11. The molecule has 98 valence electrons. The Labute approximate surface area is 117 Å². The van der Waals surface area contributed by atoms with Crippen LogP contribution in [0.4, 0.5) is 5.69 Å². The molecule has 2 rings (SSSR count). The van der Waals surface area contributed by atoms with E-state index in [-0.39, 0.29) is 15.8 Å². The summed E-state index contributed by atoms with van der Waals surface area (Å²) in [6, 6.07) is 13.1. The minimum atomic E-state index is -2.19. The maximum Gasteiger partial charge on any atom is 0.255 e. The molecule has 1 unspecified atom stereocenters. The quantitative estimate of drug-likeness (QED) is 0.855. The van der Waals surface area contributed by atoms with Crippen LogP contribution in [-0.4, -0.2) is 14.7 Å². The fourth-order valence-corrected chi connectivity index (χ4v) is 2.29. The van der Waals surface area contributed by atoms with Crippen LogP contribution in [0.2, 0.25) is 5.02 Å². The zero-order chi connectivity index (χ0) is 13.8. The summed E-state index contributed by atoms with van der Waals surface area (Å²) in [6.07, 6.45) is 0. The molecule has 0 radical (unpaired) electrons. The highest BCUT2D eigenvalue weighted by Crippen LogP contribution is 2.23. The third-order valence-electron chi connectivity index (χ3n) is 2.41. The van der Waals surface area contributed by atoms with Gasteiger partial charge in [-0.15, -0.1) is 0 Å². The fraction of sp³-hybridized carbons (Fsp3) is 0. The van der Waals surface area contributed by atoms with Crippen LogP contribution in [0, 0.1) is 0 Å². The van der Waals surface area contributed by atoms with Gasteiger partial charge in [-0.2, -0.15) is 0 Å². The number of carbonyl (C=O) groups excluding carboxylic acids is 1. The Morgan fingerprint density at radius 1 is 1.16 bits per heavy atom. The summed E-state index contributed by atoms with van der Waals surface area (Å²) in [7, 11) is 0. The molecule has 2 aromatic carbocycles. The van der Waals surface area contributed by atoms with Gasteiger partial charge in [-0.25, -0.2) is 4.21 Å². The average Bonchev–Trinajstić information content (AvgIpc) is 2.41. The van der Waals surface area contributed by atoms with Gasteiger partial charge in [0.1, 0.15) is 0 Å². The van der Waals surface area contributed by atoms with Gasteiger partial charge in [0.05, 0.1) is 9.92 Å². The molecule has 0 fully saturated rings. The lowest BCUT2D eigenvalue weighted by molar-refractivity contribution is 0.102. The summed E-state index contributed by atoms with van der Waals surface area (Å²) in [5, 5.41) is 2.82. The number of nitrogens with one attached hydrogen (secondary N) is 1. The van der Waals surface area contributed by atoms with E-state index in [0.717, 1.165) is 0 Å². The summed E-state index contributed by atoms with van der Waals surface area (Å²) in [6.45, 7) is 0. The molecule has 1 amide bonds. The molecular weight excluding hydrogens is 286 g/mol. The smallest absolute Gasteiger partial charge is 0.255 e. The monoisotopic (exact) mass is 295 g/mol. The van der Waals surface area contributed by atoms with Crippen molar-refractivity contribution in [3.63, 3.8) is 0 Å². The van der Waals surface area contributed by atoms with Gasteiger partial charge >= 0.3 is 0 Å². The second-order valence-corrected chi connectivity index (χ2v) is 5.06. The van der Waals surface area contributed by atoms with Crippen molar-refractivity contribution < 1.29 is 13.6 Å². The predicted molar refractivity (Wildman–Crippen MR) is 74.9 cm³/mol. The molecule has 0 aliphatic carbocycles. The fourth-order valence-electron chi connectivity index (χ4n) is 1.51. The van der Waals surface area contributed by atoms with E-state index < -0.39 is 11.1 Å². The zero-order valence-electron chi connectivity index (χ0n) is 9.67. The minimum Gasteiger partial charge on any atom is -0.322 e. The van der Waals surface area contributed by atoms with Crippen molar-refractivity contribution in [1.29, 1.82) is 0 Å². The summed E-state index contributed by atoms with van der Waals surface area (Å²) in [5.74, 6) is -0.294. The summed E-state index contributed by atoms with van der Waals surface area (Å²) in [5.41, 5.74) is 0.916. The van der Waals surface area contributed by atoms with E-state index >= 15 is 0 Å². The highest BCUT2D eigenvalue weighted by molar-refractivity contribution is 7.79. The van der Waals surface area contributed by atoms with Crippen LogP contribution in [0.5, 0.6) is 0 Å². The molecule has 0 aliphatic heterocycles. The Morgan fingerprint density at radius 2 is 1.84 bits per heavy atom. The molecule has 0 aliphatic rings. The van der Waals surface area contributed by atoms with E-state index in [4.69, 9.17) is 16.2 Å². The number of hydrogen-bond acceptors (Lipinski definition) is 2. The van der Waals surface area contributed by atoms with Gasteiger partial charge in [0.25, 0.3) is 5.91 Å². The van der Waals surface area contributed by atoms with Gasteiger partial charge in [0, 0.05) is 11.3 Å². The molecule has 0 saturated carbocycles. The standard InChI is InChI=1S/C13H10ClNO3S/c14-11-7-6-10(8-12(11)19(17)18)15-13(16)9-4-2-1-3-5-9/h1-8H,(H,15,16)(H,17,18). The van der Waals surface area contributed by atoms with Gasteiger partial charge in [0.15, 0.2) is 11.1 Å². The number of amides is 1. The van der Waals surface area contributed by atoms with Crippen molar-refractivity contribution in [2.75, 3.05) is 5.32 Å². The zero-order valence-corrected chi connectivity index (χ0v) is 11.2. The van der Waals surface area contributed by atoms with E-state index in [9.17, 15) is 9.00 Å². The first kappa shape index (κ1) is 13.7. The predicted octanol–water partition coefficient (Wildman–Crippen LogP) is 3.17. The van der Waals surface area contributed by atoms with Crippen LogP contribution < -0.4 is 5.32 Å². The number of carbonyl (C=O) groups is 1. The first-order valence-electron chi connectivity index (χ1n) is 5.35. The van der Waals surface area contributed by atoms with Crippen LogP contribution >= 0.6 is 11.6 Å². The summed E-state index contributed by atoms with van der Waals surface area (Å²) in [4.78, 5) is 12.0. The molecule has 4 nitrogen and oxygen atoms in total. The molecular formula is C13H10ClNO3S. The maximum atomic E-state index is 11.9. The Kier molecular flexibility index (Phi) is 4.31. The highest BCUT2D eigenvalue weighted by Gasteiger charge is 2.10. The molecule has 1 atom stereocenters. The molecule has 0 heterocycles. The van der Waals surface area contributed by atoms with E-state index in [1.54, 1.807) is 30.3 Å². The Balaban J connectivity index is 2.23. The van der Waals surface area contributed by atoms with Crippen LogP contribution in [-0.2, 0) is 11.1 Å². The molecule has 6 heteroatoms. The number of rotatable bonds is 3. The molecule has 0 saturated heterocycles. The van der Waals surface area contributed by atoms with Crippen LogP contribution in [0.15, 0.2) is 53.4 Å². The van der Waals surface area contributed by atoms with Crippen LogP contribution in [0.25, 0.3) is 0 Å². The van der Waals surface area contributed by atoms with Crippen molar-refractivity contribution in [2.45, 2.75) is 4.90 Å². The van der Waals surface area contributed by atoms with Gasteiger partial charge in [-0.3, -0.25) is 4.79 Å². The molecule has 19 heavy (non-hydrogen) atoms. The van der Waals surface area contributed by atoms with Crippen molar-refractivity contribution in [1.82, 2.24) is 0 Å². The summed E-state index contributed by atoms with van der Waals surface area (Å²) >= 11 is 3.59. The van der Waals surface area contributed by atoms with Crippen molar-refractivity contribution in [2.24, 2.45) is 0 Å². The van der Waals surface area contributed by atoms with Gasteiger partial charge in [-0.1, -0.05) is 29.8 Å². The molecule has 2 aromatic rings. The van der Waals surface area contributed by atoms with Gasteiger partial charge in [-0.05, 0) is 30.3 Å². The lowest BCUT2D eigenvalue weighted by atomic mass is 10.2. The van der Waals surface area contributed by atoms with Crippen LogP contribution in [0.1, 0.15) is 10.4 Å². The van der Waals surface area contributed by atoms with Crippen molar-refractivity contribution in [3.8, 4) is 0 Å². The highest BCUT2D eigenvalue weighted by atomic mass is 35.5. The summed E-state index contributed by atoms with van der Waals surface area (Å²) < 4.78 is 20.1. The third-order valence-corrected chi connectivity index (χ3v) is 3.57. The minimum absolute atomic E-state index is 0.0625. The first-order chi connectivity index (χ1) is 9.08. The van der Waals surface area contributed by atoms with E-state index in [1.807, 2.05) is 6.07 Å². The van der Waals surface area contributed by atoms with Crippen molar-refractivity contribution in [3.05, 3.63) is 59.1 Å². The number of hydrogen-bond donors (Lipinski definition) is 2. The number of benzene rings is 2.